The van der Waals surface area contributed by atoms with E-state index in [1.807, 2.05) is 5.43 Å². The van der Waals surface area contributed by atoms with Crippen molar-refractivity contribution in [3.8, 4) is 11.5 Å². The number of rotatable bonds is 3. The number of amides is 2. The molecule has 96 valence electrons. The van der Waals surface area contributed by atoms with E-state index in [1.54, 1.807) is 18.2 Å². The van der Waals surface area contributed by atoms with Crippen LogP contribution in [0.3, 0.4) is 0 Å². The third-order valence-corrected chi connectivity index (χ3v) is 1.66. The first-order valence-corrected chi connectivity index (χ1v) is 4.12. The van der Waals surface area contributed by atoms with Crippen molar-refractivity contribution in [3.63, 3.8) is 0 Å². The van der Waals surface area contributed by atoms with Gasteiger partial charge in [-0.25, -0.2) is 10.2 Å². The summed E-state index contributed by atoms with van der Waals surface area (Å²) in [6.07, 6.45) is 1.33. The van der Waals surface area contributed by atoms with Gasteiger partial charge in [-0.3, -0.25) is 0 Å². The zero-order valence-electron chi connectivity index (χ0n) is 8.91. The summed E-state index contributed by atoms with van der Waals surface area (Å²) in [5, 5.41) is 11.2. The van der Waals surface area contributed by atoms with Gasteiger partial charge in [0.05, 0.1) is 18.9 Å². The number of primary amides is 1. The third kappa shape index (κ3) is 5.31. The minimum atomic E-state index is -0.749. The number of hydrogen-bond donors (Lipinski definition) is 2. The Hall–Kier alpha value is -1.62. The minimum Gasteiger partial charge on any atom is -0.870 e. The number of para-hydroxylation sites is 1. The Kier molecular flexibility index (Phi) is 8.91. The average Bonchev–Trinajstić information content (AvgIpc) is 2.20. The minimum absolute atomic E-state index is 0. The molecule has 0 atom stereocenters. The number of methoxy groups -OCH3 is 1. The molecule has 2 amide bonds. The van der Waals surface area contributed by atoms with Crippen LogP contribution in [0.2, 0.25) is 0 Å². The van der Waals surface area contributed by atoms with E-state index < -0.39 is 6.03 Å². The Morgan fingerprint density at radius 1 is 1.59 bits per heavy atom. The monoisotopic (exact) mass is 333 g/mol. The largest absolute Gasteiger partial charge is 2.00 e. The molecule has 7 nitrogen and oxygen atoms in total. The van der Waals surface area contributed by atoms with Crippen molar-refractivity contribution in [2.75, 3.05) is 7.11 Å². The Balaban J connectivity index is 0. The molecule has 0 bridgehead atoms. The number of nitrogens with zero attached hydrogens (tertiary/aromatic N) is 1. The maximum Gasteiger partial charge on any atom is 2.00 e. The smallest absolute Gasteiger partial charge is 0.870 e. The molecule has 6 N–H and O–H groups in total. The van der Waals surface area contributed by atoms with Crippen LogP contribution in [0, 0.1) is 0 Å². The van der Waals surface area contributed by atoms with Gasteiger partial charge in [0.15, 0.2) is 0 Å². The van der Waals surface area contributed by atoms with E-state index in [0.29, 0.717) is 11.3 Å². The second-order valence-corrected chi connectivity index (χ2v) is 2.66. The summed E-state index contributed by atoms with van der Waals surface area (Å²) in [5.41, 5.74) is 7.39. The first-order valence-electron chi connectivity index (χ1n) is 4.12. The van der Waals surface area contributed by atoms with E-state index in [1.165, 1.54) is 13.3 Å². The summed E-state index contributed by atoms with van der Waals surface area (Å²) in [6, 6.07) is 4.32. The van der Waals surface area contributed by atoms with E-state index in [-0.39, 0.29) is 31.6 Å². The molecule has 0 fully saturated rings. The molecular weight excluding hydrogens is 321 g/mol. The fourth-order valence-electron chi connectivity index (χ4n) is 0.991. The van der Waals surface area contributed by atoms with Crippen molar-refractivity contribution in [2.45, 2.75) is 0 Å². The molecule has 0 saturated heterocycles. The van der Waals surface area contributed by atoms with Gasteiger partial charge in [0.2, 0.25) is 5.75 Å². The molecule has 1 aromatic carbocycles. The molecule has 1 aromatic rings. The van der Waals surface area contributed by atoms with Crippen LogP contribution in [0.25, 0.3) is 0 Å². The molecule has 0 heterocycles. The van der Waals surface area contributed by atoms with Crippen LogP contribution in [0.4, 0.5) is 4.79 Å². The Labute approximate surface area is 112 Å². The molecule has 0 radical (unpaired) electrons. The summed E-state index contributed by atoms with van der Waals surface area (Å²) in [4.78, 5) is 10.3. The predicted octanol–water partition coefficient (Wildman–Crippen LogP) is -0.0440. The van der Waals surface area contributed by atoms with Crippen LogP contribution in [0.5, 0.6) is 11.5 Å². The van der Waals surface area contributed by atoms with Gasteiger partial charge in [0.25, 0.3) is 0 Å². The van der Waals surface area contributed by atoms with Crippen LogP contribution < -0.4 is 15.9 Å². The number of hydrazone groups is 1. The molecule has 0 unspecified atom stereocenters. The van der Waals surface area contributed by atoms with Crippen molar-refractivity contribution in [3.05, 3.63) is 23.8 Å². The second-order valence-electron chi connectivity index (χ2n) is 2.66. The zero-order chi connectivity index (χ0) is 11.3. The van der Waals surface area contributed by atoms with Gasteiger partial charge in [-0.05, 0) is 12.1 Å². The second kappa shape index (κ2) is 8.52. The standard InChI is InChI=1S/C9H11N3O3.H2O.Pd/c1-15-7-4-2-3-6(8(7)13)5-11-12-9(10)14;;/h2-5,13H,1H3,(H3,10,12,14);1H2;/q;;+2. The van der Waals surface area contributed by atoms with E-state index in [9.17, 15) is 4.79 Å². The zero-order valence-corrected chi connectivity index (χ0v) is 10.5. The number of ether oxygens (including phenoxy) is 1. The predicted molar refractivity (Wildman–Crippen MR) is 58.3 cm³/mol. The van der Waals surface area contributed by atoms with Gasteiger partial charge in [-0.15, -0.1) is 0 Å². The van der Waals surface area contributed by atoms with Gasteiger partial charge in [-0.2, -0.15) is 5.10 Å². The molecule has 0 aliphatic heterocycles. The molecule has 0 aromatic heterocycles. The normalized spacial score (nSPS) is 9.00. The molecule has 1 rings (SSSR count). The summed E-state index contributed by atoms with van der Waals surface area (Å²) >= 11 is 0. The fraction of sp³-hybridized carbons (Fsp3) is 0.111. The number of urea groups is 1. The van der Waals surface area contributed by atoms with Gasteiger partial charge in [-0.1, -0.05) is 6.07 Å². The number of benzene rings is 1. The summed E-state index contributed by atoms with van der Waals surface area (Å²) < 4.78 is 4.95. The van der Waals surface area contributed by atoms with E-state index >= 15 is 0 Å². The number of hydrogen-bond acceptors (Lipinski definition) is 4. The van der Waals surface area contributed by atoms with Crippen molar-refractivity contribution in [1.29, 1.82) is 0 Å². The van der Waals surface area contributed by atoms with Gasteiger partial charge < -0.3 is 21.1 Å². The maximum absolute atomic E-state index is 10.3. The molecule has 0 aliphatic carbocycles. The van der Waals surface area contributed by atoms with Crippen molar-refractivity contribution < 1.29 is 40.5 Å². The Bertz CT molecular complexity index is 398. The molecule has 0 spiro atoms. The van der Waals surface area contributed by atoms with E-state index in [0.717, 1.165) is 0 Å². The Morgan fingerprint density at radius 3 is 2.76 bits per heavy atom. The van der Waals surface area contributed by atoms with Crippen LogP contribution in [0.1, 0.15) is 5.56 Å². The van der Waals surface area contributed by atoms with Gasteiger partial charge in [0.1, 0.15) is 0 Å². The van der Waals surface area contributed by atoms with Crippen molar-refractivity contribution in [2.24, 2.45) is 10.8 Å². The molecular formula is C9H13N3O4Pd+2. The van der Waals surface area contributed by atoms with Gasteiger partial charge in [0, 0.05) is 0 Å². The van der Waals surface area contributed by atoms with Gasteiger partial charge >= 0.3 is 32.2 Å². The SMILES string of the molecule is COc1cccc(C=NNC(N)=O)c1[OH2+].[OH-].[Pd+2]. The number of nitrogens with one attached hydrogen (secondary N) is 1. The molecule has 0 aliphatic rings. The Morgan fingerprint density at radius 2 is 2.24 bits per heavy atom. The summed E-state index contributed by atoms with van der Waals surface area (Å²) in [7, 11) is 1.48. The van der Waals surface area contributed by atoms with Crippen molar-refractivity contribution >= 4 is 12.2 Å². The van der Waals surface area contributed by atoms with Crippen LogP contribution in [-0.4, -0.2) is 29.9 Å². The molecule has 17 heavy (non-hydrogen) atoms. The molecule has 8 heteroatoms. The maximum atomic E-state index is 10.3. The number of nitrogens with two attached hydrogens (primary N) is 1. The van der Waals surface area contributed by atoms with Crippen LogP contribution >= 0.6 is 0 Å². The molecule has 0 saturated carbocycles. The summed E-state index contributed by atoms with van der Waals surface area (Å²) in [6.45, 7) is 0. The van der Waals surface area contributed by atoms with E-state index in [2.05, 4.69) is 5.10 Å². The van der Waals surface area contributed by atoms with E-state index in [4.69, 9.17) is 15.6 Å². The number of carbonyl (C=O) groups is 1. The summed E-state index contributed by atoms with van der Waals surface area (Å²) in [5.74, 6) is 0.646. The fourth-order valence-corrected chi connectivity index (χ4v) is 0.991. The topological polar surface area (TPSA) is 130 Å². The first kappa shape index (κ1) is 17.8. The van der Waals surface area contributed by atoms with Crippen LogP contribution in [-0.2, 0) is 20.4 Å². The van der Waals surface area contributed by atoms with Crippen LogP contribution in [0.15, 0.2) is 23.3 Å². The van der Waals surface area contributed by atoms with Crippen molar-refractivity contribution in [1.82, 2.24) is 5.43 Å². The number of carbonyl (C=O) groups excluding carboxylic acids is 1. The first-order chi connectivity index (χ1) is 7.15. The quantitative estimate of drug-likeness (QED) is 0.348. The average molecular weight is 334 g/mol. The third-order valence-electron chi connectivity index (χ3n) is 1.66.